The van der Waals surface area contributed by atoms with Crippen molar-refractivity contribution in [1.82, 2.24) is 5.32 Å². The van der Waals surface area contributed by atoms with Crippen molar-refractivity contribution in [2.45, 2.75) is 45.1 Å². The summed E-state index contributed by atoms with van der Waals surface area (Å²) in [5.41, 5.74) is -1.49. The Morgan fingerprint density at radius 1 is 1.47 bits per heavy atom. The molecule has 4 nitrogen and oxygen atoms in total. The summed E-state index contributed by atoms with van der Waals surface area (Å²) in [6.45, 7) is 3.23. The van der Waals surface area contributed by atoms with Crippen LogP contribution < -0.4 is 5.32 Å². The van der Waals surface area contributed by atoms with Crippen LogP contribution in [-0.2, 0) is 4.79 Å². The number of hydrogen-bond acceptors (Lipinski definition) is 3. The van der Waals surface area contributed by atoms with E-state index in [1.54, 1.807) is 0 Å². The van der Waals surface area contributed by atoms with Gasteiger partial charge in [0.2, 0.25) is 5.91 Å². The van der Waals surface area contributed by atoms with Crippen molar-refractivity contribution in [3.63, 3.8) is 0 Å². The van der Waals surface area contributed by atoms with E-state index < -0.39 is 5.60 Å². The average Bonchev–Trinajstić information content (AvgIpc) is 2.63. The highest BCUT2D eigenvalue weighted by Gasteiger charge is 2.36. The summed E-state index contributed by atoms with van der Waals surface area (Å²) in [5.74, 6) is -0.00581. The van der Waals surface area contributed by atoms with Gasteiger partial charge in [0.25, 0.3) is 0 Å². The maximum atomic E-state index is 11.8. The molecule has 1 fully saturated rings. The summed E-state index contributed by atoms with van der Waals surface area (Å²) in [7, 11) is 0. The Morgan fingerprint density at radius 3 is 2.47 bits per heavy atom. The van der Waals surface area contributed by atoms with Gasteiger partial charge in [-0.15, -0.1) is 0 Å². The van der Waals surface area contributed by atoms with Crippen LogP contribution in [0.1, 0.15) is 39.5 Å². The summed E-state index contributed by atoms with van der Waals surface area (Å²) in [6, 6.07) is 0. The van der Waals surface area contributed by atoms with E-state index in [0.717, 1.165) is 25.7 Å². The molecule has 0 aromatic rings. The van der Waals surface area contributed by atoms with Gasteiger partial charge in [0.15, 0.2) is 0 Å². The van der Waals surface area contributed by atoms with Gasteiger partial charge in [0.05, 0.1) is 6.61 Å². The molecule has 0 aromatic carbocycles. The van der Waals surface area contributed by atoms with Crippen molar-refractivity contribution < 1.29 is 15.0 Å². The highest BCUT2D eigenvalue weighted by Crippen LogP contribution is 2.37. The second-order valence-electron chi connectivity index (χ2n) is 5.11. The number of rotatable bonds is 4. The first-order valence-corrected chi connectivity index (χ1v) is 5.51. The fraction of sp³-hybridized carbons (Fsp3) is 0.909. The topological polar surface area (TPSA) is 69.6 Å². The van der Waals surface area contributed by atoms with Gasteiger partial charge in [-0.3, -0.25) is 4.79 Å². The Morgan fingerprint density at radius 2 is 2.00 bits per heavy atom. The van der Waals surface area contributed by atoms with E-state index in [1.807, 2.05) is 6.92 Å². The Hall–Kier alpha value is -0.610. The van der Waals surface area contributed by atoms with Crippen LogP contribution in [0.15, 0.2) is 0 Å². The fourth-order valence-corrected chi connectivity index (χ4v) is 1.92. The highest BCUT2D eigenvalue weighted by molar-refractivity contribution is 5.82. The van der Waals surface area contributed by atoms with Gasteiger partial charge in [-0.1, -0.05) is 19.8 Å². The lowest BCUT2D eigenvalue weighted by atomic mass is 9.87. The maximum Gasteiger partial charge on any atom is 0.226 e. The third kappa shape index (κ3) is 3.18. The van der Waals surface area contributed by atoms with Crippen LogP contribution in [0.5, 0.6) is 0 Å². The molecule has 0 spiro atoms. The monoisotopic (exact) mass is 215 g/mol. The first-order chi connectivity index (χ1) is 6.90. The molecule has 1 unspecified atom stereocenters. The standard InChI is InChI=1S/C11H21NO3/c1-10(5-3-4-6-10)9(14)12-7-11(2,15)8-13/h13,15H,3-8H2,1-2H3,(H,12,14). The predicted octanol–water partition coefficient (Wildman–Crippen LogP) is 0.426. The molecule has 4 heteroatoms. The van der Waals surface area contributed by atoms with E-state index >= 15 is 0 Å². The number of aliphatic hydroxyl groups excluding tert-OH is 1. The van der Waals surface area contributed by atoms with Gasteiger partial charge < -0.3 is 15.5 Å². The lowest BCUT2D eigenvalue weighted by Crippen LogP contribution is -2.47. The lowest BCUT2D eigenvalue weighted by Gasteiger charge is -2.26. The molecule has 15 heavy (non-hydrogen) atoms. The minimum atomic E-state index is -1.22. The number of hydrogen-bond donors (Lipinski definition) is 3. The van der Waals surface area contributed by atoms with E-state index in [1.165, 1.54) is 6.92 Å². The highest BCUT2D eigenvalue weighted by atomic mass is 16.3. The van der Waals surface area contributed by atoms with Crippen LogP contribution in [0.4, 0.5) is 0 Å². The zero-order valence-electron chi connectivity index (χ0n) is 9.55. The van der Waals surface area contributed by atoms with Gasteiger partial charge in [-0.25, -0.2) is 0 Å². The number of carbonyl (C=O) groups is 1. The van der Waals surface area contributed by atoms with E-state index in [0.29, 0.717) is 0 Å². The van der Waals surface area contributed by atoms with E-state index in [-0.39, 0.29) is 24.5 Å². The van der Waals surface area contributed by atoms with Crippen molar-refractivity contribution in [3.05, 3.63) is 0 Å². The molecule has 1 saturated carbocycles. The minimum Gasteiger partial charge on any atom is -0.393 e. The second-order valence-corrected chi connectivity index (χ2v) is 5.11. The van der Waals surface area contributed by atoms with Gasteiger partial charge in [0, 0.05) is 12.0 Å². The molecule has 1 aliphatic rings. The van der Waals surface area contributed by atoms with Crippen LogP contribution in [0, 0.1) is 5.41 Å². The fourth-order valence-electron chi connectivity index (χ4n) is 1.92. The zero-order valence-corrected chi connectivity index (χ0v) is 9.55. The number of carbonyl (C=O) groups excluding carboxylic acids is 1. The second kappa shape index (κ2) is 4.49. The molecular formula is C11H21NO3. The summed E-state index contributed by atoms with van der Waals surface area (Å²) in [4.78, 5) is 11.8. The summed E-state index contributed by atoms with van der Waals surface area (Å²) in [6.07, 6.45) is 4.03. The summed E-state index contributed by atoms with van der Waals surface area (Å²) in [5, 5.41) is 21.1. The maximum absolute atomic E-state index is 11.8. The third-order valence-corrected chi connectivity index (χ3v) is 3.23. The quantitative estimate of drug-likeness (QED) is 0.637. The molecule has 0 aromatic heterocycles. The van der Waals surface area contributed by atoms with Crippen molar-refractivity contribution in [3.8, 4) is 0 Å². The Bertz CT molecular complexity index is 232. The predicted molar refractivity (Wildman–Crippen MR) is 57.3 cm³/mol. The van der Waals surface area contributed by atoms with Gasteiger partial charge in [-0.2, -0.15) is 0 Å². The smallest absolute Gasteiger partial charge is 0.226 e. The molecule has 0 bridgehead atoms. The Kier molecular flexibility index (Phi) is 3.73. The number of nitrogens with one attached hydrogen (secondary N) is 1. The van der Waals surface area contributed by atoms with Crippen LogP contribution in [0.25, 0.3) is 0 Å². The number of amides is 1. The number of aliphatic hydroxyl groups is 2. The third-order valence-electron chi connectivity index (χ3n) is 3.23. The zero-order chi connectivity index (χ0) is 11.5. The summed E-state index contributed by atoms with van der Waals surface area (Å²) >= 11 is 0. The van der Waals surface area contributed by atoms with Crippen LogP contribution in [-0.4, -0.2) is 34.9 Å². The Balaban J connectivity index is 2.42. The summed E-state index contributed by atoms with van der Waals surface area (Å²) < 4.78 is 0. The van der Waals surface area contributed by atoms with E-state index in [2.05, 4.69) is 5.32 Å². The molecule has 0 saturated heterocycles. The first kappa shape index (κ1) is 12.5. The molecule has 1 aliphatic carbocycles. The van der Waals surface area contributed by atoms with Crippen LogP contribution in [0.3, 0.4) is 0 Å². The largest absolute Gasteiger partial charge is 0.393 e. The molecule has 0 aliphatic heterocycles. The SMILES string of the molecule is CC(O)(CO)CNC(=O)C1(C)CCCC1. The van der Waals surface area contributed by atoms with Crippen LogP contribution in [0.2, 0.25) is 0 Å². The van der Waals surface area contributed by atoms with Crippen molar-refractivity contribution in [2.24, 2.45) is 5.41 Å². The van der Waals surface area contributed by atoms with E-state index in [9.17, 15) is 9.90 Å². The van der Waals surface area contributed by atoms with Crippen molar-refractivity contribution in [2.75, 3.05) is 13.2 Å². The van der Waals surface area contributed by atoms with Gasteiger partial charge >= 0.3 is 0 Å². The van der Waals surface area contributed by atoms with Gasteiger partial charge in [-0.05, 0) is 19.8 Å². The average molecular weight is 215 g/mol. The first-order valence-electron chi connectivity index (χ1n) is 5.51. The molecule has 0 heterocycles. The molecule has 0 radical (unpaired) electrons. The molecule has 1 rings (SSSR count). The molecular weight excluding hydrogens is 194 g/mol. The normalized spacial score (nSPS) is 23.5. The molecule has 1 atom stereocenters. The molecule has 1 amide bonds. The van der Waals surface area contributed by atoms with Gasteiger partial charge in [0.1, 0.15) is 5.60 Å². The molecule has 88 valence electrons. The van der Waals surface area contributed by atoms with Crippen molar-refractivity contribution in [1.29, 1.82) is 0 Å². The van der Waals surface area contributed by atoms with E-state index in [4.69, 9.17) is 5.11 Å². The lowest BCUT2D eigenvalue weighted by molar-refractivity contribution is -0.131. The minimum absolute atomic E-state index is 0.00581. The van der Waals surface area contributed by atoms with Crippen molar-refractivity contribution >= 4 is 5.91 Å². The Labute approximate surface area is 90.7 Å². The molecule has 3 N–H and O–H groups in total. The van der Waals surface area contributed by atoms with Crippen LogP contribution >= 0.6 is 0 Å².